The predicted molar refractivity (Wildman–Crippen MR) is 60.5 cm³/mol. The minimum absolute atomic E-state index is 0. The van der Waals surface area contributed by atoms with Crippen LogP contribution in [0.4, 0.5) is 0 Å². The van der Waals surface area contributed by atoms with Gasteiger partial charge in [-0.2, -0.15) is 0 Å². The fraction of sp³-hybridized carbons (Fsp3) is 0. The zero-order valence-corrected chi connectivity index (χ0v) is 29.5. The van der Waals surface area contributed by atoms with Crippen molar-refractivity contribution in [2.45, 2.75) is 0 Å². The van der Waals surface area contributed by atoms with Crippen LogP contribution in [0.1, 0.15) is 0 Å². The van der Waals surface area contributed by atoms with E-state index in [4.69, 9.17) is 70.1 Å². The third-order valence-corrected chi connectivity index (χ3v) is 0. The molecule has 0 heterocycles. The fourth-order valence-electron chi connectivity index (χ4n) is 0. The summed E-state index contributed by atoms with van der Waals surface area (Å²) in [5, 5.41) is 0. The Labute approximate surface area is 257 Å². The Morgan fingerprint density at radius 3 is 0.303 bits per heavy atom. The number of hydrogen-bond donors (Lipinski definition) is 0. The van der Waals surface area contributed by atoms with Gasteiger partial charge in [-0.05, 0) is 0 Å². The van der Waals surface area contributed by atoms with Crippen molar-refractivity contribution in [2.24, 2.45) is 0 Å². The molecule has 0 atom stereocenters. The van der Waals surface area contributed by atoms with E-state index < -0.39 is 41.6 Å². The molecular formula is H10Cu3O23S4Zn3. The molecule has 23 nitrogen and oxygen atoms in total. The summed E-state index contributed by atoms with van der Waals surface area (Å²) in [4.78, 5) is 0. The maximum absolute atomic E-state index is 8.52. The molecule has 0 fully saturated rings. The molecule has 211 valence electrons. The van der Waals surface area contributed by atoms with Crippen LogP contribution in [-0.4, -0.2) is 108 Å². The first-order chi connectivity index (χ1) is 8.00. The fourth-order valence-corrected chi connectivity index (χ4v) is 0. The Morgan fingerprint density at radius 2 is 0.303 bits per heavy atom. The van der Waals surface area contributed by atoms with Crippen LogP contribution in [0.3, 0.4) is 0 Å². The summed E-state index contributed by atoms with van der Waals surface area (Å²) < 4.78 is 136. The quantitative estimate of drug-likeness (QED) is 0.124. The monoisotopic (exact) mass is 886 g/mol. The molecule has 0 saturated heterocycles. The van der Waals surface area contributed by atoms with E-state index in [9.17, 15) is 0 Å². The van der Waals surface area contributed by atoms with Crippen molar-refractivity contribution in [3.05, 3.63) is 0 Å². The van der Waals surface area contributed by atoms with E-state index in [0.717, 1.165) is 0 Å². The van der Waals surface area contributed by atoms with E-state index in [-0.39, 0.29) is 148 Å². The average Bonchev–Trinajstić information content (AvgIpc) is 1.62. The van der Waals surface area contributed by atoms with Crippen LogP contribution in [0.15, 0.2) is 0 Å². The zero-order valence-electron chi connectivity index (χ0n) is 14.5. The van der Waals surface area contributed by atoms with Gasteiger partial charge in [0.1, 0.15) is 0 Å². The van der Waals surface area contributed by atoms with Crippen LogP contribution in [0, 0.1) is 0 Å². The molecule has 0 saturated carbocycles. The standard InChI is InChI=1S/3Cu.4H2O4S.7H2O.3Zn/c;;;4*1-5(2,3)4;;;;;;;;;;/h;;;4*(H2,1,2,3,4);7*1H2;;;/q3*+2;;;;;;;;;;;;3*+2/p-12. The average molecular weight is 893 g/mol. The molecule has 33 heavy (non-hydrogen) atoms. The molecule has 33 heteroatoms. The molecule has 0 amide bonds. The minimum atomic E-state index is -5.17. The first kappa shape index (κ1) is 123. The molecule has 0 unspecified atom stereocenters. The summed E-state index contributed by atoms with van der Waals surface area (Å²) in [7, 11) is -20.7. The van der Waals surface area contributed by atoms with Gasteiger partial charge in [-0.1, -0.05) is 0 Å². The van der Waals surface area contributed by atoms with Crippen LogP contribution in [-0.2, 0) is 151 Å². The Balaban J connectivity index is -0.00000000610. The van der Waals surface area contributed by atoms with Crippen molar-refractivity contribution in [1.82, 2.24) is 0 Å². The van der Waals surface area contributed by atoms with Gasteiger partial charge in [-0.15, -0.1) is 0 Å². The van der Waals surface area contributed by atoms with E-state index in [2.05, 4.69) is 0 Å². The molecule has 0 bridgehead atoms. The molecule has 0 aliphatic heterocycles. The molecule has 0 aliphatic rings. The maximum atomic E-state index is 8.52. The predicted octanol–water partition coefficient (Wildman–Crippen LogP) is -8.55. The van der Waals surface area contributed by atoms with Gasteiger partial charge in [0, 0.05) is 41.6 Å². The normalized spacial score (nSPS) is 7.03. The van der Waals surface area contributed by atoms with Crippen LogP contribution >= 0.6 is 0 Å². The summed E-state index contributed by atoms with van der Waals surface area (Å²) in [6.07, 6.45) is 0. The van der Waals surface area contributed by atoms with Gasteiger partial charge in [-0.25, -0.2) is 0 Å². The third kappa shape index (κ3) is 5340. The molecule has 0 aromatic rings. The zero-order chi connectivity index (χ0) is 18.0. The number of hydrogen-bond acceptors (Lipinski definition) is 20. The first-order valence-electron chi connectivity index (χ1n) is 2.67. The topological polar surface area (TPSA) is 536 Å². The van der Waals surface area contributed by atoms with Crippen molar-refractivity contribution >= 4 is 41.6 Å². The first-order valence-corrected chi connectivity index (χ1v) is 8.00. The van der Waals surface area contributed by atoms with Gasteiger partial charge in [0.25, 0.3) is 0 Å². The molecule has 0 rings (SSSR count). The third-order valence-electron chi connectivity index (χ3n) is 0. The Bertz CT molecular complexity index is 498. The Kier molecular flexibility index (Phi) is 206. The van der Waals surface area contributed by atoms with Gasteiger partial charge in [-0.3, -0.25) is 33.7 Å². The SMILES string of the molecule is O.O.O.O=S(=O)([O-])[O-].O=S(=O)([O-])[O-].O=S(=O)([O-])[O-].O=S(=O)([O-])[O-].[Cu+2].[Cu+2].[Cu+2].[OH-].[OH-].[OH-].[OH-].[Zn+2].[Zn+2].[Zn+2]. The Hall–Kier alpha value is 2.63. The van der Waals surface area contributed by atoms with Gasteiger partial charge >= 0.3 is 110 Å². The molecule has 0 aliphatic carbocycles. The largest absolute Gasteiger partial charge is 2.00 e. The van der Waals surface area contributed by atoms with Crippen molar-refractivity contribution in [1.29, 1.82) is 0 Å². The molecule has 3 radical (unpaired) electrons. The second kappa shape index (κ2) is 55.2. The van der Waals surface area contributed by atoms with Crippen molar-refractivity contribution in [2.75, 3.05) is 0 Å². The summed E-state index contributed by atoms with van der Waals surface area (Å²) in [5.41, 5.74) is 0. The summed E-state index contributed by atoms with van der Waals surface area (Å²) >= 11 is 0. The summed E-state index contributed by atoms with van der Waals surface area (Å²) in [6.45, 7) is 0. The second-order valence-corrected chi connectivity index (χ2v) is 4.90. The Morgan fingerprint density at radius 1 is 0.303 bits per heavy atom. The second-order valence-electron chi connectivity index (χ2n) is 1.63. The van der Waals surface area contributed by atoms with E-state index in [1.807, 2.05) is 0 Å². The molecule has 0 aromatic heterocycles. The molecule has 10 N–H and O–H groups in total. The van der Waals surface area contributed by atoms with Crippen LogP contribution in [0.25, 0.3) is 0 Å². The van der Waals surface area contributed by atoms with E-state index in [0.29, 0.717) is 0 Å². The van der Waals surface area contributed by atoms with Gasteiger partial charge in [0.2, 0.25) is 0 Å². The summed E-state index contributed by atoms with van der Waals surface area (Å²) in [5.74, 6) is 0. The minimum Gasteiger partial charge on any atom is -0.870 e. The van der Waals surface area contributed by atoms with Crippen LogP contribution < -0.4 is 0 Å². The van der Waals surface area contributed by atoms with E-state index in [1.165, 1.54) is 0 Å². The maximum Gasteiger partial charge on any atom is 2.00 e. The van der Waals surface area contributed by atoms with Crippen LogP contribution in [0.5, 0.6) is 0 Å². The molecule has 0 spiro atoms. The van der Waals surface area contributed by atoms with E-state index >= 15 is 0 Å². The van der Waals surface area contributed by atoms with Gasteiger partial charge < -0.3 is 74.8 Å². The van der Waals surface area contributed by atoms with Crippen LogP contribution in [0.2, 0.25) is 0 Å². The molecular weight excluding hydrogens is 883 g/mol. The van der Waals surface area contributed by atoms with Gasteiger partial charge in [0.05, 0.1) is 0 Å². The van der Waals surface area contributed by atoms with Gasteiger partial charge in [0.15, 0.2) is 0 Å². The summed E-state index contributed by atoms with van der Waals surface area (Å²) in [6, 6.07) is 0. The number of rotatable bonds is 0. The smallest absolute Gasteiger partial charge is 0.870 e. The van der Waals surface area contributed by atoms with E-state index in [1.54, 1.807) is 0 Å². The molecule has 0 aromatic carbocycles. The van der Waals surface area contributed by atoms with Crippen molar-refractivity contribution in [3.63, 3.8) is 0 Å². The van der Waals surface area contributed by atoms with Crippen molar-refractivity contribution < 1.29 is 218 Å². The van der Waals surface area contributed by atoms with Crippen molar-refractivity contribution in [3.8, 4) is 0 Å².